The molecule has 1 aliphatic heterocycles. The van der Waals surface area contributed by atoms with Gasteiger partial charge in [-0.15, -0.1) is 0 Å². The third-order valence-electron chi connectivity index (χ3n) is 3.29. The summed E-state index contributed by atoms with van der Waals surface area (Å²) in [6.45, 7) is 1.45. The Bertz CT molecular complexity index is 419. The summed E-state index contributed by atoms with van der Waals surface area (Å²) in [7, 11) is -0.379. The maximum Gasteiger partial charge on any atom is 0.281 e. The average molecular weight is 324 g/mol. The average Bonchev–Trinajstić information content (AvgIpc) is 2.43. The molecule has 1 amide bonds. The van der Waals surface area contributed by atoms with Crippen molar-refractivity contribution in [2.24, 2.45) is 5.73 Å². The third kappa shape index (κ3) is 4.32. The molecule has 118 valence electrons. The Morgan fingerprint density at radius 2 is 1.85 bits per heavy atom. The molecule has 0 aliphatic carbocycles. The molecule has 1 aliphatic rings. The van der Waals surface area contributed by atoms with Crippen LogP contribution in [0, 0.1) is 0 Å². The third-order valence-corrected chi connectivity index (χ3v) is 5.87. The number of carbonyl (C=O) groups excluding carboxylic acids is 1. The molecule has 1 heterocycles. The first-order valence-electron chi connectivity index (χ1n) is 6.51. The van der Waals surface area contributed by atoms with E-state index in [4.69, 9.17) is 5.73 Å². The monoisotopic (exact) mass is 324 g/mol. The van der Waals surface area contributed by atoms with Crippen LogP contribution < -0.4 is 5.73 Å². The standard InChI is InChI=1S/C11H24N4O3S2/c1-13(2)20(17,18)15-7-5-14(6-8-15)11(16)10(12)4-9-19-3/h10H,4-9,12H2,1-3H3/t10-/m0/s1. The van der Waals surface area contributed by atoms with Crippen LogP contribution in [0.2, 0.25) is 0 Å². The zero-order valence-electron chi connectivity index (χ0n) is 12.3. The molecule has 0 aromatic heterocycles. The molecule has 0 saturated carbocycles. The molecule has 20 heavy (non-hydrogen) atoms. The van der Waals surface area contributed by atoms with E-state index >= 15 is 0 Å². The lowest BCUT2D eigenvalue weighted by molar-refractivity contribution is -0.133. The predicted octanol–water partition coefficient (Wildman–Crippen LogP) is -0.983. The van der Waals surface area contributed by atoms with Crippen LogP contribution in [0.4, 0.5) is 0 Å². The summed E-state index contributed by atoms with van der Waals surface area (Å²) in [5.41, 5.74) is 5.86. The number of hydrogen-bond donors (Lipinski definition) is 1. The summed E-state index contributed by atoms with van der Waals surface area (Å²) < 4.78 is 26.5. The topological polar surface area (TPSA) is 87.0 Å². The number of nitrogens with zero attached hydrogens (tertiary/aromatic N) is 3. The van der Waals surface area contributed by atoms with E-state index in [0.717, 1.165) is 5.75 Å². The number of carbonyl (C=O) groups is 1. The van der Waals surface area contributed by atoms with Crippen molar-refractivity contribution in [3.05, 3.63) is 0 Å². The maximum absolute atomic E-state index is 12.1. The summed E-state index contributed by atoms with van der Waals surface area (Å²) in [6.07, 6.45) is 2.62. The molecule has 1 saturated heterocycles. The van der Waals surface area contributed by atoms with Gasteiger partial charge in [0.1, 0.15) is 0 Å². The fourth-order valence-electron chi connectivity index (χ4n) is 1.97. The summed E-state index contributed by atoms with van der Waals surface area (Å²) in [5, 5.41) is 0. The number of piperazine rings is 1. The summed E-state index contributed by atoms with van der Waals surface area (Å²) in [5.74, 6) is 0.767. The minimum atomic E-state index is -3.39. The number of nitrogens with two attached hydrogens (primary N) is 1. The molecule has 1 fully saturated rings. The van der Waals surface area contributed by atoms with Crippen molar-refractivity contribution in [1.82, 2.24) is 13.5 Å². The van der Waals surface area contributed by atoms with E-state index in [0.29, 0.717) is 32.6 Å². The van der Waals surface area contributed by atoms with Crippen LogP contribution >= 0.6 is 11.8 Å². The highest BCUT2D eigenvalue weighted by Gasteiger charge is 2.31. The Kier molecular flexibility index (Phi) is 6.73. The smallest absolute Gasteiger partial charge is 0.281 e. The summed E-state index contributed by atoms with van der Waals surface area (Å²) in [6, 6.07) is -0.487. The van der Waals surface area contributed by atoms with E-state index in [-0.39, 0.29) is 5.91 Å². The molecule has 1 rings (SSSR count). The Hall–Kier alpha value is -0.350. The first kappa shape index (κ1) is 17.7. The van der Waals surface area contributed by atoms with Crippen molar-refractivity contribution in [3.63, 3.8) is 0 Å². The largest absolute Gasteiger partial charge is 0.339 e. The molecule has 0 radical (unpaired) electrons. The predicted molar refractivity (Wildman–Crippen MR) is 81.7 cm³/mol. The van der Waals surface area contributed by atoms with Gasteiger partial charge in [-0.1, -0.05) is 0 Å². The van der Waals surface area contributed by atoms with Crippen LogP contribution in [0.1, 0.15) is 6.42 Å². The van der Waals surface area contributed by atoms with E-state index < -0.39 is 16.3 Å². The maximum atomic E-state index is 12.1. The van der Waals surface area contributed by atoms with Crippen molar-refractivity contribution in [2.45, 2.75) is 12.5 Å². The Labute approximate surface area is 125 Å². The molecule has 0 aromatic rings. The van der Waals surface area contributed by atoms with E-state index in [1.165, 1.54) is 22.7 Å². The molecule has 0 bridgehead atoms. The molecule has 9 heteroatoms. The van der Waals surface area contributed by atoms with Crippen LogP contribution in [-0.4, -0.2) is 86.2 Å². The molecule has 7 nitrogen and oxygen atoms in total. The number of thioether (sulfide) groups is 1. The van der Waals surface area contributed by atoms with Gasteiger partial charge in [0.25, 0.3) is 10.2 Å². The molecule has 0 aromatic carbocycles. The van der Waals surface area contributed by atoms with Crippen molar-refractivity contribution >= 4 is 27.9 Å². The minimum Gasteiger partial charge on any atom is -0.339 e. The zero-order valence-corrected chi connectivity index (χ0v) is 13.9. The summed E-state index contributed by atoms with van der Waals surface area (Å²) in [4.78, 5) is 13.8. The fourth-order valence-corrected chi connectivity index (χ4v) is 3.55. The first-order chi connectivity index (χ1) is 9.30. The lowest BCUT2D eigenvalue weighted by Gasteiger charge is -2.36. The lowest BCUT2D eigenvalue weighted by Crippen LogP contribution is -2.55. The number of amides is 1. The van der Waals surface area contributed by atoms with Crippen LogP contribution in [0.3, 0.4) is 0 Å². The van der Waals surface area contributed by atoms with Gasteiger partial charge in [-0.3, -0.25) is 4.79 Å². The molecule has 2 N–H and O–H groups in total. The van der Waals surface area contributed by atoms with Gasteiger partial charge in [-0.05, 0) is 18.4 Å². The van der Waals surface area contributed by atoms with E-state index in [2.05, 4.69) is 0 Å². The van der Waals surface area contributed by atoms with Crippen LogP contribution in [-0.2, 0) is 15.0 Å². The molecule has 0 unspecified atom stereocenters. The Balaban J connectivity index is 2.52. The normalized spacial score (nSPS) is 19.4. The highest BCUT2D eigenvalue weighted by Crippen LogP contribution is 2.11. The molecular weight excluding hydrogens is 300 g/mol. The van der Waals surface area contributed by atoms with Gasteiger partial charge < -0.3 is 10.6 Å². The zero-order chi connectivity index (χ0) is 15.3. The molecule has 0 spiro atoms. The SMILES string of the molecule is CSCC[C@H](N)C(=O)N1CCN(S(=O)(=O)N(C)C)CC1. The Morgan fingerprint density at radius 1 is 1.30 bits per heavy atom. The first-order valence-corrected chi connectivity index (χ1v) is 9.30. The van der Waals surface area contributed by atoms with Crippen molar-refractivity contribution in [3.8, 4) is 0 Å². The van der Waals surface area contributed by atoms with E-state index in [1.807, 2.05) is 6.26 Å². The number of hydrogen-bond acceptors (Lipinski definition) is 5. The second-order valence-corrected chi connectivity index (χ2v) is 8.03. The van der Waals surface area contributed by atoms with Gasteiger partial charge in [-0.2, -0.15) is 28.8 Å². The fraction of sp³-hybridized carbons (Fsp3) is 0.909. The van der Waals surface area contributed by atoms with Gasteiger partial charge in [-0.25, -0.2) is 0 Å². The molecule has 1 atom stereocenters. The molecular formula is C11H24N4O3S2. The van der Waals surface area contributed by atoms with Gasteiger partial charge >= 0.3 is 0 Å². The van der Waals surface area contributed by atoms with Crippen molar-refractivity contribution in [1.29, 1.82) is 0 Å². The van der Waals surface area contributed by atoms with E-state index in [9.17, 15) is 13.2 Å². The van der Waals surface area contributed by atoms with Crippen LogP contribution in [0.25, 0.3) is 0 Å². The van der Waals surface area contributed by atoms with Gasteiger partial charge in [0.2, 0.25) is 5.91 Å². The lowest BCUT2D eigenvalue weighted by atomic mass is 10.2. The van der Waals surface area contributed by atoms with Gasteiger partial charge in [0.15, 0.2) is 0 Å². The van der Waals surface area contributed by atoms with Gasteiger partial charge in [0.05, 0.1) is 6.04 Å². The quantitative estimate of drug-likeness (QED) is 0.678. The highest BCUT2D eigenvalue weighted by atomic mass is 32.2. The van der Waals surface area contributed by atoms with Crippen molar-refractivity contribution < 1.29 is 13.2 Å². The Morgan fingerprint density at radius 3 is 2.30 bits per heavy atom. The number of rotatable bonds is 6. The van der Waals surface area contributed by atoms with Crippen LogP contribution in [0.15, 0.2) is 0 Å². The second-order valence-electron chi connectivity index (χ2n) is 4.90. The van der Waals surface area contributed by atoms with Crippen LogP contribution in [0.5, 0.6) is 0 Å². The van der Waals surface area contributed by atoms with Gasteiger partial charge in [0, 0.05) is 40.3 Å². The second kappa shape index (κ2) is 7.60. The minimum absolute atomic E-state index is 0.0825. The summed E-state index contributed by atoms with van der Waals surface area (Å²) >= 11 is 1.66. The highest BCUT2D eigenvalue weighted by molar-refractivity contribution is 7.98. The van der Waals surface area contributed by atoms with E-state index in [1.54, 1.807) is 16.7 Å². The van der Waals surface area contributed by atoms with Crippen molar-refractivity contribution in [2.75, 3.05) is 52.3 Å².